The Morgan fingerprint density at radius 2 is 1.90 bits per heavy atom. The van der Waals surface area contributed by atoms with Gasteiger partial charge in [-0.15, -0.1) is 0 Å². The van der Waals surface area contributed by atoms with Crippen molar-refractivity contribution in [2.45, 2.75) is 20.0 Å². The van der Waals surface area contributed by atoms with Crippen molar-refractivity contribution in [2.24, 2.45) is 5.10 Å². The number of aromatic nitrogens is 1. The first-order valence-electron chi connectivity index (χ1n) is 9.20. The summed E-state index contributed by atoms with van der Waals surface area (Å²) in [6, 6.07) is 17.3. The second-order valence-corrected chi connectivity index (χ2v) is 7.57. The Morgan fingerprint density at radius 3 is 2.69 bits per heavy atom. The van der Waals surface area contributed by atoms with Crippen LogP contribution in [0.25, 0.3) is 5.69 Å². The Labute approximate surface area is 177 Å². The summed E-state index contributed by atoms with van der Waals surface area (Å²) in [4.78, 5) is 12.4. The molecule has 1 amide bonds. The molecule has 6 nitrogen and oxygen atoms in total. The maximum atomic E-state index is 12.4. The second-order valence-electron chi connectivity index (χ2n) is 6.71. The Balaban J connectivity index is 1.46. The van der Waals surface area contributed by atoms with Gasteiger partial charge in [0.05, 0.1) is 11.9 Å². The average molecular weight is 454 g/mol. The number of benzene rings is 2. The highest BCUT2D eigenvalue weighted by Gasteiger charge is 2.27. The standard InChI is InChI=1S/C22H20BrN3O3/c1-14-11-16(15(2)26(14)18-8-4-3-7-17(18)23)12-24-25-22(27)21-13-28-19-9-5-6-10-20(19)29-21/h3-12,21H,13H2,1-2H3,(H,25,27)/b24-12+. The second kappa shape index (κ2) is 8.13. The lowest BCUT2D eigenvalue weighted by molar-refractivity contribution is -0.130. The third-order valence-electron chi connectivity index (χ3n) is 4.74. The predicted molar refractivity (Wildman–Crippen MR) is 115 cm³/mol. The van der Waals surface area contributed by atoms with Crippen LogP contribution in [0.2, 0.25) is 0 Å². The normalized spacial score (nSPS) is 15.5. The smallest absolute Gasteiger partial charge is 0.284 e. The molecule has 0 saturated carbocycles. The van der Waals surface area contributed by atoms with Crippen LogP contribution >= 0.6 is 15.9 Å². The van der Waals surface area contributed by atoms with Gasteiger partial charge in [0.2, 0.25) is 6.10 Å². The van der Waals surface area contributed by atoms with E-state index in [1.165, 1.54) is 0 Å². The van der Waals surface area contributed by atoms with E-state index < -0.39 is 6.10 Å². The van der Waals surface area contributed by atoms with Crippen LogP contribution in [0.15, 0.2) is 64.2 Å². The van der Waals surface area contributed by atoms with E-state index in [0.717, 1.165) is 27.1 Å². The number of halogens is 1. The third kappa shape index (κ3) is 3.91. The molecule has 3 aromatic rings. The van der Waals surface area contributed by atoms with Crippen molar-refractivity contribution >= 4 is 28.1 Å². The van der Waals surface area contributed by atoms with Gasteiger partial charge in [-0.25, -0.2) is 5.43 Å². The van der Waals surface area contributed by atoms with Crippen LogP contribution in [0.4, 0.5) is 0 Å². The van der Waals surface area contributed by atoms with Gasteiger partial charge in [-0.2, -0.15) is 5.10 Å². The average Bonchev–Trinajstić information content (AvgIpc) is 3.01. The molecule has 148 valence electrons. The number of rotatable bonds is 4. The SMILES string of the molecule is Cc1cc(/C=N/NC(=O)C2COc3ccccc3O2)c(C)n1-c1ccccc1Br. The molecular formula is C22H20BrN3O3. The van der Waals surface area contributed by atoms with Gasteiger partial charge < -0.3 is 14.0 Å². The first-order valence-corrected chi connectivity index (χ1v) is 9.99. The molecule has 2 aromatic carbocycles. The fourth-order valence-electron chi connectivity index (χ4n) is 3.31. The number of hydrazone groups is 1. The van der Waals surface area contributed by atoms with E-state index >= 15 is 0 Å². The summed E-state index contributed by atoms with van der Waals surface area (Å²) in [6.07, 6.45) is 0.903. The van der Waals surface area contributed by atoms with E-state index in [1.54, 1.807) is 12.3 Å². The van der Waals surface area contributed by atoms with Crippen LogP contribution in [-0.4, -0.2) is 29.4 Å². The summed E-state index contributed by atoms with van der Waals surface area (Å²) in [7, 11) is 0. The molecule has 0 saturated heterocycles. The van der Waals surface area contributed by atoms with Crippen LogP contribution in [0.5, 0.6) is 11.5 Å². The Kier molecular flexibility index (Phi) is 5.40. The number of nitrogens with one attached hydrogen (secondary N) is 1. The van der Waals surface area contributed by atoms with E-state index in [-0.39, 0.29) is 12.5 Å². The van der Waals surface area contributed by atoms with Crippen molar-refractivity contribution in [3.05, 3.63) is 76.0 Å². The van der Waals surface area contributed by atoms with Gasteiger partial charge >= 0.3 is 0 Å². The number of aryl methyl sites for hydroxylation is 1. The summed E-state index contributed by atoms with van der Waals surface area (Å²) in [5, 5.41) is 4.12. The van der Waals surface area contributed by atoms with Crippen LogP contribution < -0.4 is 14.9 Å². The number of carbonyl (C=O) groups is 1. The van der Waals surface area contributed by atoms with E-state index in [4.69, 9.17) is 9.47 Å². The number of hydrogen-bond acceptors (Lipinski definition) is 4. The van der Waals surface area contributed by atoms with Crippen LogP contribution in [0, 0.1) is 13.8 Å². The minimum absolute atomic E-state index is 0.148. The van der Waals surface area contributed by atoms with E-state index in [9.17, 15) is 4.79 Å². The monoisotopic (exact) mass is 453 g/mol. The molecule has 1 aromatic heterocycles. The first kappa shape index (κ1) is 19.3. The number of nitrogens with zero attached hydrogens (tertiary/aromatic N) is 2. The number of amides is 1. The summed E-state index contributed by atoms with van der Waals surface area (Å²) < 4.78 is 14.4. The van der Waals surface area contributed by atoms with Crippen molar-refractivity contribution in [1.82, 2.24) is 9.99 Å². The van der Waals surface area contributed by atoms with E-state index in [2.05, 4.69) is 31.0 Å². The van der Waals surface area contributed by atoms with Gasteiger partial charge in [0.1, 0.15) is 6.61 Å². The highest BCUT2D eigenvalue weighted by Crippen LogP contribution is 2.31. The molecule has 0 spiro atoms. The molecule has 0 fully saturated rings. The first-order chi connectivity index (χ1) is 14.0. The Morgan fingerprint density at radius 1 is 1.17 bits per heavy atom. The molecule has 1 aliphatic heterocycles. The number of ether oxygens (including phenoxy) is 2. The molecule has 7 heteroatoms. The summed E-state index contributed by atoms with van der Waals surface area (Å²) in [5.41, 5.74) is 6.62. The number of carbonyl (C=O) groups excluding carboxylic acids is 1. The number of fused-ring (bicyclic) bond motifs is 1. The minimum Gasteiger partial charge on any atom is -0.485 e. The maximum Gasteiger partial charge on any atom is 0.284 e. The summed E-state index contributed by atoms with van der Waals surface area (Å²) in [5.74, 6) is 0.842. The molecular weight excluding hydrogens is 434 g/mol. The lowest BCUT2D eigenvalue weighted by Crippen LogP contribution is -2.42. The molecule has 2 heterocycles. The summed E-state index contributed by atoms with van der Waals surface area (Å²) >= 11 is 3.60. The molecule has 1 unspecified atom stereocenters. The fourth-order valence-corrected chi connectivity index (χ4v) is 3.77. The maximum absolute atomic E-state index is 12.4. The van der Waals surface area contributed by atoms with Crippen molar-refractivity contribution in [3.8, 4) is 17.2 Å². The van der Waals surface area contributed by atoms with Gasteiger partial charge in [0.15, 0.2) is 11.5 Å². The minimum atomic E-state index is -0.741. The molecule has 0 bridgehead atoms. The molecule has 1 aliphatic rings. The molecule has 1 N–H and O–H groups in total. The Bertz CT molecular complexity index is 1090. The molecule has 29 heavy (non-hydrogen) atoms. The predicted octanol–water partition coefficient (Wildman–Crippen LogP) is 4.15. The van der Waals surface area contributed by atoms with Crippen LogP contribution in [-0.2, 0) is 4.79 Å². The van der Waals surface area contributed by atoms with Crippen molar-refractivity contribution in [1.29, 1.82) is 0 Å². The molecule has 0 aliphatic carbocycles. The zero-order chi connectivity index (χ0) is 20.4. The topological polar surface area (TPSA) is 64.8 Å². The number of para-hydroxylation sites is 3. The summed E-state index contributed by atoms with van der Waals surface area (Å²) in [6.45, 7) is 4.20. The molecule has 1 atom stereocenters. The lowest BCUT2D eigenvalue weighted by atomic mass is 10.2. The third-order valence-corrected chi connectivity index (χ3v) is 5.41. The molecule has 0 radical (unpaired) electrons. The lowest BCUT2D eigenvalue weighted by Gasteiger charge is -2.24. The quantitative estimate of drug-likeness (QED) is 0.476. The van der Waals surface area contributed by atoms with Crippen molar-refractivity contribution in [3.63, 3.8) is 0 Å². The Hall–Kier alpha value is -3.06. The fraction of sp³-hybridized carbons (Fsp3) is 0.182. The van der Waals surface area contributed by atoms with Crippen molar-refractivity contribution < 1.29 is 14.3 Å². The zero-order valence-corrected chi connectivity index (χ0v) is 17.6. The van der Waals surface area contributed by atoms with E-state index in [1.807, 2.05) is 62.4 Å². The zero-order valence-electron chi connectivity index (χ0n) is 16.1. The van der Waals surface area contributed by atoms with Gasteiger partial charge in [-0.1, -0.05) is 24.3 Å². The van der Waals surface area contributed by atoms with Gasteiger partial charge in [0, 0.05) is 21.4 Å². The van der Waals surface area contributed by atoms with E-state index in [0.29, 0.717) is 11.5 Å². The molecule has 4 rings (SSSR count). The largest absolute Gasteiger partial charge is 0.485 e. The highest BCUT2D eigenvalue weighted by atomic mass is 79.9. The van der Waals surface area contributed by atoms with Crippen LogP contribution in [0.1, 0.15) is 17.0 Å². The highest BCUT2D eigenvalue weighted by molar-refractivity contribution is 9.10. The number of hydrogen-bond donors (Lipinski definition) is 1. The van der Waals surface area contributed by atoms with Crippen LogP contribution in [0.3, 0.4) is 0 Å². The van der Waals surface area contributed by atoms with Gasteiger partial charge in [-0.05, 0) is 60.1 Å². The van der Waals surface area contributed by atoms with Gasteiger partial charge in [0.25, 0.3) is 5.91 Å². The van der Waals surface area contributed by atoms with Gasteiger partial charge in [-0.3, -0.25) is 4.79 Å². The van der Waals surface area contributed by atoms with Crippen molar-refractivity contribution in [2.75, 3.05) is 6.61 Å².